The topological polar surface area (TPSA) is 63.8 Å². The van der Waals surface area contributed by atoms with Gasteiger partial charge in [-0.25, -0.2) is 0 Å². The molecule has 0 amide bonds. The van der Waals surface area contributed by atoms with Crippen LogP contribution < -0.4 is 11.1 Å². The van der Waals surface area contributed by atoms with Crippen LogP contribution in [-0.2, 0) is 0 Å². The van der Waals surface area contributed by atoms with E-state index in [1.807, 2.05) is 18.2 Å². The van der Waals surface area contributed by atoms with Gasteiger partial charge in [-0.1, -0.05) is 0 Å². The molecule has 0 aliphatic rings. The molecule has 4 heteroatoms. The Balaban J connectivity index is 2.19. The third kappa shape index (κ3) is 1.98. The zero-order valence-electron chi connectivity index (χ0n) is 7.51. The first-order valence-electron chi connectivity index (χ1n) is 4.22. The van der Waals surface area contributed by atoms with E-state index >= 15 is 0 Å². The molecular formula is C10H10N4. The van der Waals surface area contributed by atoms with Crippen molar-refractivity contribution in [3.05, 3.63) is 43.0 Å². The summed E-state index contributed by atoms with van der Waals surface area (Å²) in [6, 6.07) is 5.61. The Morgan fingerprint density at radius 3 is 2.64 bits per heavy atom. The molecule has 2 heterocycles. The smallest absolute Gasteiger partial charge is 0.0591 e. The molecule has 2 aromatic rings. The van der Waals surface area contributed by atoms with Crippen molar-refractivity contribution >= 4 is 17.1 Å². The van der Waals surface area contributed by atoms with Gasteiger partial charge >= 0.3 is 0 Å². The summed E-state index contributed by atoms with van der Waals surface area (Å²) >= 11 is 0. The van der Waals surface area contributed by atoms with E-state index in [0.29, 0.717) is 5.69 Å². The molecular weight excluding hydrogens is 176 g/mol. The first kappa shape index (κ1) is 8.50. The van der Waals surface area contributed by atoms with Crippen LogP contribution in [0.4, 0.5) is 17.1 Å². The van der Waals surface area contributed by atoms with Crippen molar-refractivity contribution in [2.24, 2.45) is 0 Å². The van der Waals surface area contributed by atoms with Gasteiger partial charge in [0, 0.05) is 12.4 Å². The van der Waals surface area contributed by atoms with E-state index in [0.717, 1.165) is 11.4 Å². The van der Waals surface area contributed by atoms with E-state index in [2.05, 4.69) is 15.3 Å². The Morgan fingerprint density at radius 2 is 1.93 bits per heavy atom. The molecule has 0 saturated heterocycles. The number of nitrogen functional groups attached to an aromatic ring is 1. The van der Waals surface area contributed by atoms with Gasteiger partial charge in [0.15, 0.2) is 0 Å². The predicted octanol–water partition coefficient (Wildman–Crippen LogP) is 1.80. The van der Waals surface area contributed by atoms with E-state index in [1.165, 1.54) is 0 Å². The van der Waals surface area contributed by atoms with E-state index in [1.54, 1.807) is 24.8 Å². The summed E-state index contributed by atoms with van der Waals surface area (Å²) in [5.74, 6) is 0. The van der Waals surface area contributed by atoms with Crippen LogP contribution in [-0.4, -0.2) is 9.97 Å². The molecule has 0 aliphatic carbocycles. The fourth-order valence-corrected chi connectivity index (χ4v) is 1.13. The van der Waals surface area contributed by atoms with Crippen LogP contribution in [0.1, 0.15) is 0 Å². The van der Waals surface area contributed by atoms with Crippen LogP contribution in [0.15, 0.2) is 43.0 Å². The summed E-state index contributed by atoms with van der Waals surface area (Å²) in [4.78, 5) is 7.96. The molecule has 4 nitrogen and oxygen atoms in total. The molecule has 0 spiro atoms. The fourth-order valence-electron chi connectivity index (χ4n) is 1.13. The van der Waals surface area contributed by atoms with Gasteiger partial charge in [-0.05, 0) is 18.2 Å². The highest BCUT2D eigenvalue weighted by molar-refractivity contribution is 5.60. The minimum atomic E-state index is 0.638. The summed E-state index contributed by atoms with van der Waals surface area (Å²) in [5.41, 5.74) is 8.01. The Labute approximate surface area is 81.8 Å². The van der Waals surface area contributed by atoms with Crippen LogP contribution in [0, 0.1) is 0 Å². The zero-order chi connectivity index (χ0) is 9.80. The van der Waals surface area contributed by atoms with Gasteiger partial charge in [-0.15, -0.1) is 0 Å². The van der Waals surface area contributed by atoms with Gasteiger partial charge in [0.1, 0.15) is 0 Å². The van der Waals surface area contributed by atoms with Crippen LogP contribution in [0.5, 0.6) is 0 Å². The molecule has 0 atom stereocenters. The normalized spacial score (nSPS) is 9.71. The fraction of sp³-hybridized carbons (Fsp3) is 0. The van der Waals surface area contributed by atoms with Crippen molar-refractivity contribution in [1.82, 2.24) is 9.97 Å². The molecule has 0 saturated carbocycles. The van der Waals surface area contributed by atoms with Gasteiger partial charge in [0.05, 0.1) is 29.5 Å². The second-order valence-electron chi connectivity index (χ2n) is 2.87. The van der Waals surface area contributed by atoms with Crippen molar-refractivity contribution in [3.8, 4) is 0 Å². The number of nitrogens with two attached hydrogens (primary N) is 1. The van der Waals surface area contributed by atoms with Crippen molar-refractivity contribution in [2.45, 2.75) is 0 Å². The molecule has 0 bridgehead atoms. The predicted molar refractivity (Wildman–Crippen MR) is 56.2 cm³/mol. The van der Waals surface area contributed by atoms with Crippen LogP contribution in [0.2, 0.25) is 0 Å². The maximum absolute atomic E-state index is 5.59. The van der Waals surface area contributed by atoms with E-state index < -0.39 is 0 Å². The second kappa shape index (κ2) is 3.74. The highest BCUT2D eigenvalue weighted by Crippen LogP contribution is 2.15. The van der Waals surface area contributed by atoms with E-state index in [9.17, 15) is 0 Å². The summed E-state index contributed by atoms with van der Waals surface area (Å²) < 4.78 is 0. The first-order valence-corrected chi connectivity index (χ1v) is 4.22. The molecule has 0 radical (unpaired) electrons. The van der Waals surface area contributed by atoms with Crippen molar-refractivity contribution in [1.29, 1.82) is 0 Å². The number of pyridine rings is 2. The number of nitrogens with zero attached hydrogens (tertiary/aromatic N) is 2. The molecule has 2 rings (SSSR count). The second-order valence-corrected chi connectivity index (χ2v) is 2.87. The lowest BCUT2D eigenvalue weighted by molar-refractivity contribution is 1.30. The number of hydrogen-bond donors (Lipinski definition) is 2. The SMILES string of the molecule is Nc1cncc(Nc2cccnc2)c1. The lowest BCUT2D eigenvalue weighted by Crippen LogP contribution is -1.93. The summed E-state index contributed by atoms with van der Waals surface area (Å²) in [6.07, 6.45) is 6.78. The van der Waals surface area contributed by atoms with Crippen LogP contribution >= 0.6 is 0 Å². The summed E-state index contributed by atoms with van der Waals surface area (Å²) in [6.45, 7) is 0. The van der Waals surface area contributed by atoms with Crippen molar-refractivity contribution in [3.63, 3.8) is 0 Å². The van der Waals surface area contributed by atoms with Gasteiger partial charge in [-0.2, -0.15) is 0 Å². The third-order valence-electron chi connectivity index (χ3n) is 1.71. The molecule has 3 N–H and O–H groups in total. The molecule has 14 heavy (non-hydrogen) atoms. The highest BCUT2D eigenvalue weighted by atomic mass is 14.9. The minimum Gasteiger partial charge on any atom is -0.397 e. The van der Waals surface area contributed by atoms with Crippen LogP contribution in [0.25, 0.3) is 0 Å². The summed E-state index contributed by atoms with van der Waals surface area (Å²) in [5, 5.41) is 3.14. The highest BCUT2D eigenvalue weighted by Gasteiger charge is 1.94. The Kier molecular flexibility index (Phi) is 2.27. The standard InChI is InChI=1S/C10H10N4/c11-8-4-10(7-13-5-8)14-9-2-1-3-12-6-9/h1-7,14H,11H2. The van der Waals surface area contributed by atoms with Gasteiger partial charge in [-0.3, -0.25) is 9.97 Å². The molecule has 0 aromatic carbocycles. The first-order chi connectivity index (χ1) is 6.84. The lowest BCUT2D eigenvalue weighted by Gasteiger charge is -2.04. The number of hydrogen-bond acceptors (Lipinski definition) is 4. The van der Waals surface area contributed by atoms with E-state index in [-0.39, 0.29) is 0 Å². The number of nitrogens with one attached hydrogen (secondary N) is 1. The quantitative estimate of drug-likeness (QED) is 0.750. The number of aromatic nitrogens is 2. The molecule has 0 aliphatic heterocycles. The third-order valence-corrected chi connectivity index (χ3v) is 1.71. The number of rotatable bonds is 2. The van der Waals surface area contributed by atoms with Gasteiger partial charge < -0.3 is 11.1 Å². The zero-order valence-corrected chi connectivity index (χ0v) is 7.51. The molecule has 0 fully saturated rings. The molecule has 2 aromatic heterocycles. The monoisotopic (exact) mass is 186 g/mol. The van der Waals surface area contributed by atoms with Crippen LogP contribution in [0.3, 0.4) is 0 Å². The average Bonchev–Trinajstić information content (AvgIpc) is 2.19. The van der Waals surface area contributed by atoms with Gasteiger partial charge in [0.25, 0.3) is 0 Å². The van der Waals surface area contributed by atoms with Crippen molar-refractivity contribution in [2.75, 3.05) is 11.1 Å². The number of anilines is 3. The van der Waals surface area contributed by atoms with E-state index in [4.69, 9.17) is 5.73 Å². The van der Waals surface area contributed by atoms with Crippen molar-refractivity contribution < 1.29 is 0 Å². The molecule has 70 valence electrons. The Bertz CT molecular complexity index is 413. The Hall–Kier alpha value is -2.10. The average molecular weight is 186 g/mol. The minimum absolute atomic E-state index is 0.638. The maximum Gasteiger partial charge on any atom is 0.0591 e. The Morgan fingerprint density at radius 1 is 1.07 bits per heavy atom. The van der Waals surface area contributed by atoms with Gasteiger partial charge in [0.2, 0.25) is 0 Å². The maximum atomic E-state index is 5.59. The largest absolute Gasteiger partial charge is 0.397 e. The lowest BCUT2D eigenvalue weighted by atomic mass is 10.3. The molecule has 0 unspecified atom stereocenters. The summed E-state index contributed by atoms with van der Waals surface area (Å²) in [7, 11) is 0.